The van der Waals surface area contributed by atoms with E-state index in [0.29, 0.717) is 5.02 Å². The van der Waals surface area contributed by atoms with Crippen LogP contribution in [-0.4, -0.2) is 14.7 Å². The number of nitrogens with zero attached hydrogens (tertiary/aromatic N) is 2. The van der Waals surface area contributed by atoms with Gasteiger partial charge in [0, 0.05) is 11.1 Å². The summed E-state index contributed by atoms with van der Waals surface area (Å²) in [5, 5.41) is 11.3. The molecule has 0 saturated heterocycles. The number of imidazole rings is 1. The number of aromatic nitrogens is 2. The zero-order chi connectivity index (χ0) is 14.2. The molecule has 0 fully saturated rings. The highest BCUT2D eigenvalue weighted by atomic mass is 79.9. The highest BCUT2D eigenvalue weighted by molar-refractivity contribution is 9.10. The van der Waals surface area contributed by atoms with Gasteiger partial charge in [-0.05, 0) is 60.0 Å². The number of hydrogen-bond donors (Lipinski definition) is 1. The summed E-state index contributed by atoms with van der Waals surface area (Å²) in [6.07, 6.45) is 0.987. The van der Waals surface area contributed by atoms with Gasteiger partial charge in [0.1, 0.15) is 6.10 Å². The maximum atomic E-state index is 10.6. The van der Waals surface area contributed by atoms with Crippen LogP contribution in [0.15, 0.2) is 29.1 Å². The van der Waals surface area contributed by atoms with Gasteiger partial charge in [0.05, 0.1) is 11.9 Å². The van der Waals surface area contributed by atoms with Gasteiger partial charge in [-0.2, -0.15) is 0 Å². The fourth-order valence-electron chi connectivity index (χ4n) is 2.17. The van der Waals surface area contributed by atoms with Crippen molar-refractivity contribution in [1.29, 1.82) is 0 Å². The normalized spacial score (nSPS) is 13.0. The molecule has 0 aliphatic rings. The number of aliphatic hydroxyl groups is 1. The summed E-state index contributed by atoms with van der Waals surface area (Å²) in [6.45, 7) is 6.05. The van der Waals surface area contributed by atoms with Crippen molar-refractivity contribution in [2.75, 3.05) is 0 Å². The van der Waals surface area contributed by atoms with E-state index in [2.05, 4.69) is 34.8 Å². The molecular formula is C14H16BrClN2O. The Morgan fingerprint density at radius 2 is 2.05 bits per heavy atom. The first kappa shape index (κ1) is 14.6. The van der Waals surface area contributed by atoms with Crippen molar-refractivity contribution in [3.05, 3.63) is 51.0 Å². The van der Waals surface area contributed by atoms with E-state index in [4.69, 9.17) is 11.6 Å². The third kappa shape index (κ3) is 2.86. The summed E-state index contributed by atoms with van der Waals surface area (Å²) in [7, 11) is 0. The molecule has 2 rings (SSSR count). The number of rotatable bonds is 3. The van der Waals surface area contributed by atoms with Crippen LogP contribution in [0.2, 0.25) is 5.02 Å². The van der Waals surface area contributed by atoms with Gasteiger partial charge in [-0.3, -0.25) is 0 Å². The molecule has 5 heteroatoms. The smallest absolute Gasteiger partial charge is 0.177 e. The predicted molar refractivity (Wildman–Crippen MR) is 80.6 cm³/mol. The van der Waals surface area contributed by atoms with Crippen LogP contribution >= 0.6 is 27.5 Å². The Morgan fingerprint density at radius 3 is 2.63 bits per heavy atom. The standard InChI is InChI=1S/C14H16BrClN2O/c1-8(2)18-12(7-17-14(18)15)13(19)11-5-4-10(16)6-9(11)3/h4-8,13,19H,1-3H3. The lowest BCUT2D eigenvalue weighted by Gasteiger charge is -2.19. The van der Waals surface area contributed by atoms with Crippen molar-refractivity contribution >= 4 is 27.5 Å². The Labute approximate surface area is 126 Å². The molecule has 102 valence electrons. The maximum absolute atomic E-state index is 10.6. The quantitative estimate of drug-likeness (QED) is 0.903. The summed E-state index contributed by atoms with van der Waals surface area (Å²) in [4.78, 5) is 4.23. The second kappa shape index (κ2) is 5.65. The monoisotopic (exact) mass is 342 g/mol. The molecule has 0 saturated carbocycles. The molecule has 1 N–H and O–H groups in total. The molecule has 1 unspecified atom stereocenters. The van der Waals surface area contributed by atoms with Gasteiger partial charge in [-0.25, -0.2) is 4.98 Å². The van der Waals surface area contributed by atoms with E-state index in [0.717, 1.165) is 21.6 Å². The first-order valence-corrected chi connectivity index (χ1v) is 7.25. The highest BCUT2D eigenvalue weighted by Gasteiger charge is 2.20. The van der Waals surface area contributed by atoms with Gasteiger partial charge in [0.2, 0.25) is 0 Å². The second-order valence-corrected chi connectivity index (χ2v) is 5.97. The first-order valence-electron chi connectivity index (χ1n) is 6.08. The topological polar surface area (TPSA) is 38.1 Å². The van der Waals surface area contributed by atoms with Crippen molar-refractivity contribution in [3.63, 3.8) is 0 Å². The van der Waals surface area contributed by atoms with Gasteiger partial charge in [0.25, 0.3) is 0 Å². The molecule has 3 nitrogen and oxygen atoms in total. The van der Waals surface area contributed by atoms with Crippen LogP contribution in [-0.2, 0) is 0 Å². The van der Waals surface area contributed by atoms with E-state index < -0.39 is 6.10 Å². The maximum Gasteiger partial charge on any atom is 0.177 e. The molecule has 2 aromatic rings. The average molecular weight is 344 g/mol. The molecule has 0 amide bonds. The van der Waals surface area contributed by atoms with Crippen molar-refractivity contribution in [1.82, 2.24) is 9.55 Å². The molecule has 0 radical (unpaired) electrons. The third-order valence-corrected chi connectivity index (χ3v) is 3.93. The molecule has 0 spiro atoms. The Bertz CT molecular complexity index is 595. The minimum atomic E-state index is -0.710. The van der Waals surface area contributed by atoms with Crippen LogP contribution in [0.4, 0.5) is 0 Å². The second-order valence-electron chi connectivity index (χ2n) is 4.82. The van der Waals surface area contributed by atoms with Crippen LogP contribution in [0.5, 0.6) is 0 Å². The number of aryl methyl sites for hydroxylation is 1. The lowest BCUT2D eigenvalue weighted by molar-refractivity contribution is 0.207. The van der Waals surface area contributed by atoms with Crippen LogP contribution in [0.25, 0.3) is 0 Å². The van der Waals surface area contributed by atoms with E-state index in [1.54, 1.807) is 12.3 Å². The fourth-order valence-corrected chi connectivity index (χ4v) is 3.11. The van der Waals surface area contributed by atoms with E-state index in [-0.39, 0.29) is 6.04 Å². The fraction of sp³-hybridized carbons (Fsp3) is 0.357. The summed E-state index contributed by atoms with van der Waals surface area (Å²) in [5.74, 6) is 0. The molecule has 19 heavy (non-hydrogen) atoms. The largest absolute Gasteiger partial charge is 0.382 e. The van der Waals surface area contributed by atoms with Crippen LogP contribution in [0.3, 0.4) is 0 Å². The van der Waals surface area contributed by atoms with Crippen molar-refractivity contribution in [3.8, 4) is 0 Å². The number of benzene rings is 1. The van der Waals surface area contributed by atoms with Crippen LogP contribution in [0.1, 0.15) is 42.8 Å². The van der Waals surface area contributed by atoms with Crippen LogP contribution in [0, 0.1) is 6.92 Å². The van der Waals surface area contributed by atoms with Gasteiger partial charge >= 0.3 is 0 Å². The zero-order valence-electron chi connectivity index (χ0n) is 11.1. The summed E-state index contributed by atoms with van der Waals surface area (Å²) in [6, 6.07) is 5.71. The predicted octanol–water partition coefficient (Wildman–Crippen LogP) is 4.27. The minimum Gasteiger partial charge on any atom is -0.382 e. The SMILES string of the molecule is Cc1cc(Cl)ccc1C(O)c1cnc(Br)n1C(C)C. The molecule has 1 atom stereocenters. The lowest BCUT2D eigenvalue weighted by Crippen LogP contribution is -2.12. The number of aliphatic hydroxyl groups excluding tert-OH is 1. The van der Waals surface area contributed by atoms with E-state index in [1.165, 1.54) is 0 Å². The first-order chi connectivity index (χ1) is 8.91. The molecule has 1 heterocycles. The molecule has 1 aromatic heterocycles. The average Bonchev–Trinajstić information content (AvgIpc) is 2.70. The number of hydrogen-bond acceptors (Lipinski definition) is 2. The molecule has 1 aromatic carbocycles. The Hall–Kier alpha value is -0.840. The van der Waals surface area contributed by atoms with E-state index >= 15 is 0 Å². The van der Waals surface area contributed by atoms with Crippen LogP contribution < -0.4 is 0 Å². The van der Waals surface area contributed by atoms with Gasteiger partial charge in [0.15, 0.2) is 4.73 Å². The number of halogens is 2. The summed E-state index contributed by atoms with van der Waals surface area (Å²) in [5.41, 5.74) is 2.58. The highest BCUT2D eigenvalue weighted by Crippen LogP contribution is 2.30. The zero-order valence-corrected chi connectivity index (χ0v) is 13.4. The van der Waals surface area contributed by atoms with Gasteiger partial charge < -0.3 is 9.67 Å². The van der Waals surface area contributed by atoms with E-state index in [9.17, 15) is 5.11 Å². The van der Waals surface area contributed by atoms with Crippen molar-refractivity contribution in [2.45, 2.75) is 32.9 Å². The van der Waals surface area contributed by atoms with Crippen molar-refractivity contribution < 1.29 is 5.11 Å². The van der Waals surface area contributed by atoms with Gasteiger partial charge in [-0.15, -0.1) is 0 Å². The van der Waals surface area contributed by atoms with Crippen molar-refractivity contribution in [2.24, 2.45) is 0 Å². The van der Waals surface area contributed by atoms with Gasteiger partial charge in [-0.1, -0.05) is 17.7 Å². The lowest BCUT2D eigenvalue weighted by atomic mass is 10.0. The molecule has 0 bridgehead atoms. The minimum absolute atomic E-state index is 0.217. The third-order valence-electron chi connectivity index (χ3n) is 3.10. The molecule has 0 aliphatic heterocycles. The Morgan fingerprint density at radius 1 is 1.37 bits per heavy atom. The Kier molecular flexibility index (Phi) is 4.33. The Balaban J connectivity index is 2.47. The molecular weight excluding hydrogens is 328 g/mol. The van der Waals surface area contributed by atoms with E-state index in [1.807, 2.05) is 23.6 Å². The molecule has 0 aliphatic carbocycles. The summed E-state index contributed by atoms with van der Waals surface area (Å²) < 4.78 is 2.70. The summed E-state index contributed by atoms with van der Waals surface area (Å²) >= 11 is 9.36.